The Morgan fingerprint density at radius 3 is 1.26 bits per heavy atom. The smallest absolute Gasteiger partial charge is 0.0892 e. The minimum absolute atomic E-state index is 0.843. The van der Waals surface area contributed by atoms with Gasteiger partial charge in [0.1, 0.15) is 0 Å². The lowest BCUT2D eigenvalue weighted by atomic mass is 9.77. The van der Waals surface area contributed by atoms with Crippen LogP contribution in [-0.2, 0) is 0 Å². The van der Waals surface area contributed by atoms with Gasteiger partial charge in [0, 0.05) is 11.8 Å². The van der Waals surface area contributed by atoms with Crippen molar-refractivity contribution in [3.8, 4) is 0 Å². The van der Waals surface area contributed by atoms with Crippen LogP contribution in [0.2, 0.25) is 0 Å². The fraction of sp³-hybridized carbons (Fsp3) is 1.00. The van der Waals surface area contributed by atoms with E-state index >= 15 is 0 Å². The molecule has 6 unspecified atom stereocenters. The van der Waals surface area contributed by atoms with Gasteiger partial charge in [-0.3, -0.25) is 0 Å². The molecule has 2 fully saturated rings. The van der Waals surface area contributed by atoms with Crippen molar-refractivity contribution in [2.45, 2.75) is 79.3 Å². The summed E-state index contributed by atoms with van der Waals surface area (Å²) in [6.07, 6.45) is 5.84. The molecule has 0 aromatic carbocycles. The fourth-order valence-corrected chi connectivity index (χ4v) is 5.24. The maximum Gasteiger partial charge on any atom is 0.0892 e. The number of rotatable bonds is 0. The standard InChI is InChI=1S/C18H36N/c1-13-14(2)16(4)18(6)19(17(5)15(13)3)11-9-7-8-10-12-19/h13-18H,7-12H2,1-6H3/q+1. The molecule has 0 N–H and O–H groups in total. The molecule has 0 saturated carbocycles. The molecule has 0 radical (unpaired) electrons. The molecule has 0 aromatic rings. The van der Waals surface area contributed by atoms with E-state index in [0.29, 0.717) is 0 Å². The van der Waals surface area contributed by atoms with Gasteiger partial charge in [0.05, 0.1) is 25.2 Å². The predicted molar refractivity (Wildman–Crippen MR) is 84.0 cm³/mol. The Morgan fingerprint density at radius 1 is 0.526 bits per heavy atom. The molecule has 2 heterocycles. The Balaban J connectivity index is 2.38. The molecule has 0 aromatic heterocycles. The monoisotopic (exact) mass is 266 g/mol. The summed E-state index contributed by atoms with van der Waals surface area (Å²) in [6.45, 7) is 18.1. The molecule has 6 atom stereocenters. The van der Waals surface area contributed by atoms with E-state index in [1.165, 1.54) is 43.3 Å². The summed E-state index contributed by atoms with van der Waals surface area (Å²) in [5, 5.41) is 0. The van der Waals surface area contributed by atoms with E-state index in [0.717, 1.165) is 35.8 Å². The summed E-state index contributed by atoms with van der Waals surface area (Å²) in [5.74, 6) is 3.46. The fourth-order valence-electron chi connectivity index (χ4n) is 5.24. The molecule has 1 spiro atoms. The molecule has 1 nitrogen and oxygen atoms in total. The molecule has 0 bridgehead atoms. The van der Waals surface area contributed by atoms with Gasteiger partial charge in [0.2, 0.25) is 0 Å². The van der Waals surface area contributed by atoms with Gasteiger partial charge in [-0.05, 0) is 51.4 Å². The van der Waals surface area contributed by atoms with Crippen molar-refractivity contribution in [2.75, 3.05) is 13.1 Å². The summed E-state index contributed by atoms with van der Waals surface area (Å²) < 4.78 is 1.43. The second-order valence-corrected chi connectivity index (χ2v) is 7.88. The predicted octanol–water partition coefficient (Wildman–Crippen LogP) is 4.71. The van der Waals surface area contributed by atoms with Crippen LogP contribution in [0.5, 0.6) is 0 Å². The molecule has 2 saturated heterocycles. The number of hydrogen-bond acceptors (Lipinski definition) is 0. The number of nitrogens with zero attached hydrogens (tertiary/aromatic N) is 1. The zero-order chi connectivity index (χ0) is 14.2. The zero-order valence-electron chi connectivity index (χ0n) is 14.2. The minimum Gasteiger partial charge on any atom is -0.319 e. The summed E-state index contributed by atoms with van der Waals surface area (Å²) in [7, 11) is 0. The van der Waals surface area contributed by atoms with E-state index in [4.69, 9.17) is 0 Å². The van der Waals surface area contributed by atoms with Crippen LogP contribution < -0.4 is 0 Å². The van der Waals surface area contributed by atoms with Crippen LogP contribution in [0.25, 0.3) is 0 Å². The highest BCUT2D eigenvalue weighted by Gasteiger charge is 2.50. The van der Waals surface area contributed by atoms with Gasteiger partial charge < -0.3 is 4.48 Å². The lowest BCUT2D eigenvalue weighted by molar-refractivity contribution is -0.974. The molecule has 112 valence electrons. The van der Waals surface area contributed by atoms with E-state index in [1.54, 1.807) is 0 Å². The van der Waals surface area contributed by atoms with E-state index in [1.807, 2.05) is 0 Å². The Kier molecular flexibility index (Phi) is 4.65. The Morgan fingerprint density at radius 2 is 0.895 bits per heavy atom. The van der Waals surface area contributed by atoms with E-state index in [-0.39, 0.29) is 0 Å². The topological polar surface area (TPSA) is 0 Å². The Labute approximate surface area is 121 Å². The first-order valence-corrected chi connectivity index (χ1v) is 8.78. The van der Waals surface area contributed by atoms with Gasteiger partial charge in [-0.15, -0.1) is 0 Å². The first-order valence-electron chi connectivity index (χ1n) is 8.78. The van der Waals surface area contributed by atoms with Crippen LogP contribution in [-0.4, -0.2) is 29.7 Å². The highest BCUT2D eigenvalue weighted by atomic mass is 15.4. The number of hydrogen-bond donors (Lipinski definition) is 0. The van der Waals surface area contributed by atoms with Gasteiger partial charge in [-0.25, -0.2) is 0 Å². The van der Waals surface area contributed by atoms with Gasteiger partial charge in [-0.1, -0.05) is 27.7 Å². The summed E-state index contributed by atoms with van der Waals surface area (Å²) in [6, 6.07) is 1.69. The van der Waals surface area contributed by atoms with Gasteiger partial charge in [-0.2, -0.15) is 0 Å². The maximum absolute atomic E-state index is 2.56. The molecule has 2 rings (SSSR count). The highest BCUT2D eigenvalue weighted by molar-refractivity contribution is 4.85. The summed E-state index contributed by atoms with van der Waals surface area (Å²) in [4.78, 5) is 0. The highest BCUT2D eigenvalue weighted by Crippen LogP contribution is 2.43. The molecular formula is C18H36N+. The van der Waals surface area contributed by atoms with Gasteiger partial charge in [0.15, 0.2) is 0 Å². The van der Waals surface area contributed by atoms with Crippen molar-refractivity contribution < 1.29 is 4.48 Å². The van der Waals surface area contributed by atoms with Gasteiger partial charge >= 0.3 is 0 Å². The van der Waals surface area contributed by atoms with Crippen LogP contribution in [0.3, 0.4) is 0 Å². The van der Waals surface area contributed by atoms with Crippen LogP contribution in [0.1, 0.15) is 67.2 Å². The third kappa shape index (κ3) is 2.48. The molecule has 1 heteroatoms. The molecule has 19 heavy (non-hydrogen) atoms. The second kappa shape index (κ2) is 5.76. The first-order chi connectivity index (χ1) is 8.92. The third-order valence-corrected chi connectivity index (χ3v) is 7.53. The lowest BCUT2D eigenvalue weighted by Gasteiger charge is -2.50. The average molecular weight is 266 g/mol. The van der Waals surface area contributed by atoms with Crippen LogP contribution in [0.15, 0.2) is 0 Å². The first kappa shape index (κ1) is 15.4. The van der Waals surface area contributed by atoms with Crippen LogP contribution >= 0.6 is 0 Å². The quantitative estimate of drug-likeness (QED) is 0.557. The van der Waals surface area contributed by atoms with E-state index in [9.17, 15) is 0 Å². The van der Waals surface area contributed by atoms with Crippen molar-refractivity contribution in [3.63, 3.8) is 0 Å². The van der Waals surface area contributed by atoms with Crippen molar-refractivity contribution in [1.29, 1.82) is 0 Å². The SMILES string of the molecule is CC1C(C)C(C)C(C)[N+]2(CCCCCC2)C(C)C1C. The van der Waals surface area contributed by atoms with Crippen molar-refractivity contribution in [2.24, 2.45) is 23.7 Å². The van der Waals surface area contributed by atoms with Crippen molar-refractivity contribution in [3.05, 3.63) is 0 Å². The summed E-state index contributed by atoms with van der Waals surface area (Å²) >= 11 is 0. The number of quaternary nitrogens is 1. The molecule has 2 aliphatic heterocycles. The van der Waals surface area contributed by atoms with E-state index < -0.39 is 0 Å². The van der Waals surface area contributed by atoms with Crippen molar-refractivity contribution in [1.82, 2.24) is 0 Å². The zero-order valence-corrected chi connectivity index (χ0v) is 14.2. The largest absolute Gasteiger partial charge is 0.319 e. The third-order valence-electron chi connectivity index (χ3n) is 7.53. The van der Waals surface area contributed by atoms with Gasteiger partial charge in [0.25, 0.3) is 0 Å². The Bertz CT molecular complexity index is 268. The van der Waals surface area contributed by atoms with E-state index in [2.05, 4.69) is 41.5 Å². The minimum atomic E-state index is 0.843. The maximum atomic E-state index is 2.56. The average Bonchev–Trinajstić information content (AvgIpc) is 2.69. The lowest BCUT2D eigenvalue weighted by Crippen LogP contribution is -2.62. The summed E-state index contributed by atoms with van der Waals surface area (Å²) in [5.41, 5.74) is 0. The Hall–Kier alpha value is -0.0400. The molecule has 2 aliphatic rings. The van der Waals surface area contributed by atoms with Crippen molar-refractivity contribution >= 4 is 0 Å². The second-order valence-electron chi connectivity index (χ2n) is 7.88. The van der Waals surface area contributed by atoms with Crippen LogP contribution in [0, 0.1) is 23.7 Å². The van der Waals surface area contributed by atoms with Crippen LogP contribution in [0.4, 0.5) is 0 Å². The molecular weight excluding hydrogens is 230 g/mol. The normalized spacial score (nSPS) is 47.7. The molecule has 0 amide bonds. The molecule has 0 aliphatic carbocycles.